The Morgan fingerprint density at radius 2 is 1.75 bits per heavy atom. The molecular weight excluding hydrogens is 420 g/mol. The number of carbonyl (C=O) groups excluding carboxylic acids is 1. The summed E-state index contributed by atoms with van der Waals surface area (Å²) in [5, 5.41) is 5.09. The van der Waals surface area contributed by atoms with E-state index in [-0.39, 0.29) is 5.91 Å². The van der Waals surface area contributed by atoms with E-state index in [0.717, 1.165) is 69.2 Å². The summed E-state index contributed by atoms with van der Waals surface area (Å²) in [6.45, 7) is 7.06. The number of piperazine rings is 1. The Bertz CT molecular complexity index is 1040. The normalized spacial score (nSPS) is 15.3. The monoisotopic (exact) mass is 452 g/mol. The van der Waals surface area contributed by atoms with Crippen molar-refractivity contribution >= 4 is 28.4 Å². The van der Waals surface area contributed by atoms with Gasteiger partial charge >= 0.3 is 0 Å². The lowest BCUT2D eigenvalue weighted by Gasteiger charge is -2.32. The molecule has 0 radical (unpaired) electrons. The number of halogens is 1. The number of hydrogen-bond acceptors (Lipinski definition) is 3. The highest BCUT2D eigenvalue weighted by molar-refractivity contribution is 6.31. The molecule has 0 aliphatic carbocycles. The van der Waals surface area contributed by atoms with E-state index in [2.05, 4.69) is 63.3 Å². The zero-order chi connectivity index (χ0) is 22.3. The van der Waals surface area contributed by atoms with Gasteiger partial charge in [-0.15, -0.1) is 0 Å². The maximum absolute atomic E-state index is 12.4. The average molecular weight is 453 g/mol. The molecule has 1 amide bonds. The highest BCUT2D eigenvalue weighted by Crippen LogP contribution is 2.25. The molecule has 1 saturated heterocycles. The number of benzene rings is 2. The van der Waals surface area contributed by atoms with Crippen molar-refractivity contribution in [3.8, 4) is 0 Å². The molecule has 6 heteroatoms. The van der Waals surface area contributed by atoms with Crippen molar-refractivity contribution in [3.63, 3.8) is 0 Å². The molecule has 1 aliphatic rings. The third-order valence-electron chi connectivity index (χ3n) is 6.36. The van der Waals surface area contributed by atoms with E-state index in [1.807, 2.05) is 18.2 Å². The maximum atomic E-state index is 12.4. The molecule has 0 bridgehead atoms. The van der Waals surface area contributed by atoms with Crippen LogP contribution in [-0.2, 0) is 17.8 Å². The van der Waals surface area contributed by atoms with Gasteiger partial charge < -0.3 is 19.7 Å². The van der Waals surface area contributed by atoms with Crippen LogP contribution in [0.1, 0.15) is 24.0 Å². The first-order valence-corrected chi connectivity index (χ1v) is 12.0. The minimum Gasteiger partial charge on any atom is -0.356 e. The second-order valence-electron chi connectivity index (χ2n) is 8.74. The van der Waals surface area contributed by atoms with Crippen molar-refractivity contribution in [2.24, 2.45) is 0 Å². The van der Waals surface area contributed by atoms with Crippen molar-refractivity contribution in [2.45, 2.75) is 25.8 Å². The SMILES string of the molecule is CN1CCN(CCCNC(=O)CCc2cn(Cc3ccccc3Cl)c3ccccc23)CC1. The van der Waals surface area contributed by atoms with E-state index in [0.29, 0.717) is 6.42 Å². The number of nitrogens with zero attached hydrogens (tertiary/aromatic N) is 3. The Morgan fingerprint density at radius 3 is 2.56 bits per heavy atom. The van der Waals surface area contributed by atoms with Crippen LogP contribution >= 0.6 is 11.6 Å². The fourth-order valence-corrected chi connectivity index (χ4v) is 4.60. The lowest BCUT2D eigenvalue weighted by Crippen LogP contribution is -2.45. The molecule has 4 rings (SSSR count). The molecule has 0 saturated carbocycles. The molecule has 1 aromatic heterocycles. The van der Waals surface area contributed by atoms with Crippen LogP contribution < -0.4 is 5.32 Å². The summed E-state index contributed by atoms with van der Waals surface area (Å²) in [7, 11) is 2.17. The van der Waals surface area contributed by atoms with Gasteiger partial charge in [0, 0.05) is 67.8 Å². The third-order valence-corrected chi connectivity index (χ3v) is 6.73. The topological polar surface area (TPSA) is 40.5 Å². The van der Waals surface area contributed by atoms with Crippen LogP contribution in [0.4, 0.5) is 0 Å². The number of fused-ring (bicyclic) bond motifs is 1. The second kappa shape index (κ2) is 11.0. The summed E-state index contributed by atoms with van der Waals surface area (Å²) in [4.78, 5) is 17.3. The Labute approximate surface area is 195 Å². The number of nitrogens with one attached hydrogen (secondary N) is 1. The van der Waals surface area contributed by atoms with E-state index in [9.17, 15) is 4.79 Å². The summed E-state index contributed by atoms with van der Waals surface area (Å²) in [6, 6.07) is 16.4. The third kappa shape index (κ3) is 5.91. The predicted octanol–water partition coefficient (Wildman–Crippen LogP) is 4.03. The number of rotatable bonds is 9. The molecule has 1 N–H and O–H groups in total. The smallest absolute Gasteiger partial charge is 0.220 e. The Balaban J connectivity index is 1.29. The van der Waals surface area contributed by atoms with Crippen molar-refractivity contribution < 1.29 is 4.79 Å². The number of likely N-dealkylation sites (N-methyl/N-ethyl adjacent to an activating group) is 1. The largest absolute Gasteiger partial charge is 0.356 e. The lowest BCUT2D eigenvalue weighted by atomic mass is 10.1. The van der Waals surface area contributed by atoms with Gasteiger partial charge in [0.1, 0.15) is 0 Å². The van der Waals surface area contributed by atoms with Crippen molar-refractivity contribution in [3.05, 3.63) is 70.9 Å². The molecule has 0 atom stereocenters. The van der Waals surface area contributed by atoms with Crippen LogP contribution in [0.2, 0.25) is 5.02 Å². The number of para-hydroxylation sites is 1. The Hall–Kier alpha value is -2.34. The molecule has 3 aromatic rings. The van der Waals surface area contributed by atoms with Crippen molar-refractivity contribution in [1.82, 2.24) is 19.7 Å². The van der Waals surface area contributed by atoms with Crippen LogP contribution in [0.15, 0.2) is 54.7 Å². The molecule has 0 spiro atoms. The fraction of sp³-hybridized carbons (Fsp3) is 0.423. The van der Waals surface area contributed by atoms with Crippen LogP contribution in [0.5, 0.6) is 0 Å². The Morgan fingerprint density at radius 1 is 1.00 bits per heavy atom. The maximum Gasteiger partial charge on any atom is 0.220 e. The van der Waals surface area contributed by atoms with Gasteiger partial charge in [-0.05, 0) is 49.7 Å². The second-order valence-corrected chi connectivity index (χ2v) is 9.15. The predicted molar refractivity (Wildman–Crippen MR) is 132 cm³/mol. The summed E-state index contributed by atoms with van der Waals surface area (Å²) < 4.78 is 2.24. The number of hydrogen-bond donors (Lipinski definition) is 1. The average Bonchev–Trinajstić information content (AvgIpc) is 3.15. The van der Waals surface area contributed by atoms with Crippen LogP contribution in [0.3, 0.4) is 0 Å². The molecule has 32 heavy (non-hydrogen) atoms. The summed E-state index contributed by atoms with van der Waals surface area (Å²) >= 11 is 6.38. The van der Waals surface area contributed by atoms with Gasteiger partial charge in [-0.1, -0.05) is 48.0 Å². The van der Waals surface area contributed by atoms with Crippen LogP contribution in [-0.4, -0.2) is 66.6 Å². The fourth-order valence-electron chi connectivity index (χ4n) is 4.40. The first kappa shape index (κ1) is 22.8. The van der Waals surface area contributed by atoms with Gasteiger partial charge in [-0.2, -0.15) is 0 Å². The lowest BCUT2D eigenvalue weighted by molar-refractivity contribution is -0.121. The molecule has 0 unspecified atom stereocenters. The minimum absolute atomic E-state index is 0.131. The van der Waals surface area contributed by atoms with Crippen molar-refractivity contribution in [2.75, 3.05) is 46.3 Å². The first-order valence-electron chi connectivity index (χ1n) is 11.6. The van der Waals surface area contributed by atoms with E-state index >= 15 is 0 Å². The van der Waals surface area contributed by atoms with Gasteiger partial charge in [-0.25, -0.2) is 0 Å². The van der Waals surface area contributed by atoms with Gasteiger partial charge in [-0.3, -0.25) is 4.79 Å². The van der Waals surface area contributed by atoms with E-state index < -0.39 is 0 Å². The first-order chi connectivity index (χ1) is 15.6. The standard InChI is InChI=1S/C26H33ClN4O/c1-29-15-17-30(18-16-29)14-6-13-28-26(32)12-11-21-19-31(25-10-5-3-8-23(21)25)20-22-7-2-4-9-24(22)27/h2-5,7-10,19H,6,11-18,20H2,1H3,(H,28,32). The zero-order valence-electron chi connectivity index (χ0n) is 18.9. The number of amides is 1. The number of aromatic nitrogens is 1. The highest BCUT2D eigenvalue weighted by atomic mass is 35.5. The minimum atomic E-state index is 0.131. The van der Waals surface area contributed by atoms with E-state index in [4.69, 9.17) is 11.6 Å². The van der Waals surface area contributed by atoms with Gasteiger partial charge in [0.15, 0.2) is 0 Å². The quantitative estimate of drug-likeness (QED) is 0.498. The van der Waals surface area contributed by atoms with Gasteiger partial charge in [0.25, 0.3) is 0 Å². The van der Waals surface area contributed by atoms with Crippen LogP contribution in [0, 0.1) is 0 Å². The van der Waals surface area contributed by atoms with Gasteiger partial charge in [0.2, 0.25) is 5.91 Å². The van der Waals surface area contributed by atoms with Crippen LogP contribution in [0.25, 0.3) is 10.9 Å². The number of aryl methyl sites for hydroxylation is 1. The summed E-state index contributed by atoms with van der Waals surface area (Å²) in [6.07, 6.45) is 4.43. The summed E-state index contributed by atoms with van der Waals surface area (Å²) in [5.74, 6) is 0.131. The molecule has 5 nitrogen and oxygen atoms in total. The molecule has 170 valence electrons. The molecule has 1 aliphatic heterocycles. The molecule has 2 heterocycles. The van der Waals surface area contributed by atoms with E-state index in [1.54, 1.807) is 0 Å². The zero-order valence-corrected chi connectivity index (χ0v) is 19.7. The molecule has 1 fully saturated rings. The molecule has 2 aromatic carbocycles. The van der Waals surface area contributed by atoms with Gasteiger partial charge in [0.05, 0.1) is 0 Å². The Kier molecular flexibility index (Phi) is 7.85. The highest BCUT2D eigenvalue weighted by Gasteiger charge is 2.14. The van der Waals surface area contributed by atoms with Crippen molar-refractivity contribution in [1.29, 1.82) is 0 Å². The number of carbonyl (C=O) groups is 1. The summed E-state index contributed by atoms with van der Waals surface area (Å²) in [5.41, 5.74) is 3.48. The molecular formula is C26H33ClN4O. The van der Waals surface area contributed by atoms with E-state index in [1.165, 1.54) is 16.5 Å².